The number of primary amides is 1. The van der Waals surface area contributed by atoms with Crippen molar-refractivity contribution in [2.45, 2.75) is 24.5 Å². The lowest BCUT2D eigenvalue weighted by atomic mass is 9.58. The average molecular weight is 555 g/mol. The van der Waals surface area contributed by atoms with Gasteiger partial charge < -0.3 is 31.1 Å². The highest BCUT2D eigenvalue weighted by molar-refractivity contribution is 6.25. The van der Waals surface area contributed by atoms with E-state index in [2.05, 4.69) is 4.90 Å². The molecule has 1 aromatic carbocycles. The van der Waals surface area contributed by atoms with Crippen molar-refractivity contribution in [3.05, 3.63) is 51.5 Å². The number of fused-ring (bicyclic) bond motifs is 3. The SMILES string of the molecule is CN1CCN(CC(=O)c2ccc(O)c3c2C[C@H]2C[C@@H]4[C@H](N(C)C)C(O)=C(C(N)=O)C(=O)[C@@]4(O)C(O)=C2C3=O)CC1. The molecule has 6 N–H and O–H groups in total. The highest BCUT2D eigenvalue weighted by Gasteiger charge is 2.63. The number of phenolic OH excluding ortho intramolecular Hbond substituents is 1. The summed E-state index contributed by atoms with van der Waals surface area (Å²) >= 11 is 0. The molecule has 4 atom stereocenters. The van der Waals surface area contributed by atoms with E-state index in [9.17, 15) is 39.6 Å². The van der Waals surface area contributed by atoms with Gasteiger partial charge in [0.1, 0.15) is 22.8 Å². The zero-order valence-electron chi connectivity index (χ0n) is 22.7. The van der Waals surface area contributed by atoms with Gasteiger partial charge in [-0.15, -0.1) is 0 Å². The monoisotopic (exact) mass is 554 g/mol. The molecule has 0 unspecified atom stereocenters. The number of aliphatic hydroxyl groups excluding tert-OH is 2. The van der Waals surface area contributed by atoms with Gasteiger partial charge in [-0.25, -0.2) is 0 Å². The van der Waals surface area contributed by atoms with E-state index in [4.69, 9.17) is 5.73 Å². The predicted octanol–water partition coefficient (Wildman–Crippen LogP) is -0.449. The van der Waals surface area contributed by atoms with Gasteiger partial charge in [0.2, 0.25) is 5.78 Å². The summed E-state index contributed by atoms with van der Waals surface area (Å²) in [5.74, 6) is -7.38. The van der Waals surface area contributed by atoms with Gasteiger partial charge in [-0.3, -0.25) is 29.0 Å². The fourth-order valence-electron chi connectivity index (χ4n) is 6.81. The first kappa shape index (κ1) is 28.0. The zero-order valence-corrected chi connectivity index (χ0v) is 22.7. The number of rotatable bonds is 5. The van der Waals surface area contributed by atoms with E-state index in [0.717, 1.165) is 26.2 Å². The lowest BCUT2D eigenvalue weighted by molar-refractivity contribution is -0.148. The summed E-state index contributed by atoms with van der Waals surface area (Å²) in [6, 6.07) is 1.67. The van der Waals surface area contributed by atoms with E-state index in [1.165, 1.54) is 17.0 Å². The standard InChI is InChI=1S/C28H34N4O8/c1-30(2)22-16-11-13-10-15-14(18(34)12-32-8-6-31(3)7-9-32)4-5-17(33)20(15)23(35)19(13)25(37)28(16,40)26(38)21(24(22)36)27(29)39/h4-5,13,16,22,33,36-37,40H,6-12H2,1-3H3,(H2,29,39)/t13-,16+,22-,28-/m0/s1. The minimum Gasteiger partial charge on any atom is -0.510 e. The molecule has 5 rings (SSSR count). The van der Waals surface area contributed by atoms with Crippen LogP contribution in [0.5, 0.6) is 5.75 Å². The van der Waals surface area contributed by atoms with Gasteiger partial charge in [0.15, 0.2) is 17.2 Å². The number of carbonyl (C=O) groups is 4. The molecule has 3 aliphatic carbocycles. The first-order chi connectivity index (χ1) is 18.8. The Morgan fingerprint density at radius 2 is 1.75 bits per heavy atom. The van der Waals surface area contributed by atoms with Crippen LogP contribution in [0, 0.1) is 11.8 Å². The van der Waals surface area contributed by atoms with Gasteiger partial charge in [-0.2, -0.15) is 0 Å². The van der Waals surface area contributed by atoms with E-state index in [-0.39, 0.29) is 42.1 Å². The average Bonchev–Trinajstić information content (AvgIpc) is 2.87. The number of piperazine rings is 1. The van der Waals surface area contributed by atoms with Crippen molar-refractivity contribution in [1.82, 2.24) is 14.7 Å². The number of nitrogens with two attached hydrogens (primary N) is 1. The number of amides is 1. The summed E-state index contributed by atoms with van der Waals surface area (Å²) in [6.45, 7) is 3.23. The first-order valence-corrected chi connectivity index (χ1v) is 13.2. The summed E-state index contributed by atoms with van der Waals surface area (Å²) in [7, 11) is 5.15. The van der Waals surface area contributed by atoms with Gasteiger partial charge >= 0.3 is 0 Å². The summed E-state index contributed by atoms with van der Waals surface area (Å²) in [4.78, 5) is 58.4. The lowest BCUT2D eigenvalue weighted by Crippen LogP contribution is -2.63. The second-order valence-corrected chi connectivity index (χ2v) is 11.5. The molecule has 4 aliphatic rings. The molecular weight excluding hydrogens is 520 g/mol. The number of likely N-dealkylation sites (N-methyl/N-ethyl adjacent to an activating group) is 2. The van der Waals surface area contributed by atoms with E-state index >= 15 is 0 Å². The Bertz CT molecular complexity index is 1390. The van der Waals surface area contributed by atoms with Crippen molar-refractivity contribution in [2.24, 2.45) is 17.6 Å². The van der Waals surface area contributed by atoms with E-state index in [1.54, 1.807) is 14.1 Å². The molecule has 0 spiro atoms. The molecule has 1 aromatic rings. The highest BCUT2D eigenvalue weighted by atomic mass is 16.3. The van der Waals surface area contributed by atoms with Crippen molar-refractivity contribution in [2.75, 3.05) is 53.9 Å². The molecule has 0 bridgehead atoms. The Hall–Kier alpha value is -3.58. The molecule has 214 valence electrons. The van der Waals surface area contributed by atoms with Crippen LogP contribution in [-0.4, -0.2) is 124 Å². The number of nitrogens with zero attached hydrogens (tertiary/aromatic N) is 3. The van der Waals surface area contributed by atoms with E-state index in [1.807, 2.05) is 11.9 Å². The molecular formula is C28H34N4O8. The Morgan fingerprint density at radius 1 is 1.10 bits per heavy atom. The quantitative estimate of drug-likeness (QED) is 0.235. The maximum absolute atomic E-state index is 13.8. The fraction of sp³-hybridized carbons (Fsp3) is 0.500. The second-order valence-electron chi connectivity index (χ2n) is 11.5. The zero-order chi connectivity index (χ0) is 29.3. The Kier molecular flexibility index (Phi) is 6.86. The third-order valence-electron chi connectivity index (χ3n) is 8.87. The van der Waals surface area contributed by atoms with Crippen LogP contribution in [0.4, 0.5) is 0 Å². The van der Waals surface area contributed by atoms with Gasteiger partial charge in [-0.05, 0) is 57.6 Å². The van der Waals surface area contributed by atoms with Crippen LogP contribution in [0.3, 0.4) is 0 Å². The number of allylic oxidation sites excluding steroid dienone is 1. The number of aliphatic hydroxyl groups is 3. The van der Waals surface area contributed by atoms with Gasteiger partial charge in [0, 0.05) is 43.2 Å². The van der Waals surface area contributed by atoms with Crippen LogP contribution < -0.4 is 5.73 Å². The van der Waals surface area contributed by atoms with Crippen LogP contribution in [0.2, 0.25) is 0 Å². The Balaban J connectivity index is 1.59. The van der Waals surface area contributed by atoms with Crippen molar-refractivity contribution < 1.29 is 39.6 Å². The summed E-state index contributed by atoms with van der Waals surface area (Å²) in [5.41, 5.74) is 2.03. The number of hydrogen-bond acceptors (Lipinski definition) is 11. The van der Waals surface area contributed by atoms with Crippen LogP contribution >= 0.6 is 0 Å². The van der Waals surface area contributed by atoms with E-state index < -0.39 is 58.0 Å². The molecule has 1 amide bonds. The molecule has 1 heterocycles. The molecule has 40 heavy (non-hydrogen) atoms. The van der Waals surface area contributed by atoms with Crippen LogP contribution in [0.15, 0.2) is 34.8 Å². The fourth-order valence-corrected chi connectivity index (χ4v) is 6.81. The number of ketones is 3. The van der Waals surface area contributed by atoms with Gasteiger partial charge in [-0.1, -0.05) is 0 Å². The minimum atomic E-state index is -2.70. The normalized spacial score (nSPS) is 29.4. The Labute approximate surface area is 231 Å². The van der Waals surface area contributed by atoms with Crippen molar-refractivity contribution in [3.63, 3.8) is 0 Å². The number of Topliss-reactive ketones (excluding diaryl/α,β-unsaturated/α-hetero) is 3. The van der Waals surface area contributed by atoms with Gasteiger partial charge in [0.25, 0.3) is 5.91 Å². The predicted molar refractivity (Wildman–Crippen MR) is 142 cm³/mol. The smallest absolute Gasteiger partial charge is 0.255 e. The molecule has 1 aliphatic heterocycles. The lowest BCUT2D eigenvalue weighted by Gasteiger charge is -2.50. The maximum Gasteiger partial charge on any atom is 0.255 e. The van der Waals surface area contributed by atoms with Crippen LogP contribution in [0.25, 0.3) is 0 Å². The third-order valence-corrected chi connectivity index (χ3v) is 8.87. The van der Waals surface area contributed by atoms with Crippen molar-refractivity contribution >= 4 is 23.3 Å². The first-order valence-electron chi connectivity index (χ1n) is 13.2. The van der Waals surface area contributed by atoms with Crippen molar-refractivity contribution in [1.29, 1.82) is 0 Å². The van der Waals surface area contributed by atoms with E-state index in [0.29, 0.717) is 11.1 Å². The highest BCUT2D eigenvalue weighted by Crippen LogP contribution is 2.52. The maximum atomic E-state index is 13.8. The topological polar surface area (TPSA) is 185 Å². The minimum absolute atomic E-state index is 0.0342. The molecule has 1 fully saturated rings. The number of phenols is 1. The molecule has 1 saturated heterocycles. The van der Waals surface area contributed by atoms with Crippen molar-refractivity contribution in [3.8, 4) is 5.75 Å². The third kappa shape index (κ3) is 4.05. The molecule has 0 aromatic heterocycles. The summed E-state index contributed by atoms with van der Waals surface area (Å²) < 4.78 is 0. The Morgan fingerprint density at radius 3 is 2.35 bits per heavy atom. The largest absolute Gasteiger partial charge is 0.510 e. The van der Waals surface area contributed by atoms with Crippen LogP contribution in [-0.2, 0) is 16.0 Å². The molecule has 12 nitrogen and oxygen atoms in total. The number of carbonyl (C=O) groups excluding carboxylic acids is 4. The van der Waals surface area contributed by atoms with Crippen LogP contribution in [0.1, 0.15) is 32.7 Å². The van der Waals surface area contributed by atoms with Gasteiger partial charge in [0.05, 0.1) is 18.2 Å². The number of hydrogen-bond donors (Lipinski definition) is 5. The summed E-state index contributed by atoms with van der Waals surface area (Å²) in [5, 5.41) is 44.6. The summed E-state index contributed by atoms with van der Waals surface area (Å²) in [6.07, 6.45) is 0.0419. The number of aromatic hydroxyl groups is 1. The number of benzene rings is 1. The molecule has 0 radical (unpaired) electrons. The molecule has 12 heteroatoms. The molecule has 0 saturated carbocycles. The second kappa shape index (κ2) is 9.81.